The average molecular weight is 443 g/mol. The van der Waals surface area contributed by atoms with Gasteiger partial charge in [0.15, 0.2) is 0 Å². The van der Waals surface area contributed by atoms with Crippen molar-refractivity contribution in [3.05, 3.63) is 107 Å². The summed E-state index contributed by atoms with van der Waals surface area (Å²) in [5.74, 6) is -0.173. The molecule has 3 aromatic rings. The highest BCUT2D eigenvalue weighted by Crippen LogP contribution is 2.19. The smallest absolute Gasteiger partial charge is 0.243 e. The molecule has 0 aliphatic rings. The Kier molecular flexibility index (Phi) is 8.42. The molecule has 3 rings (SSSR count). The molecule has 0 radical (unpaired) electrons. The standard InChI is InChI=1S/C29H34N2O2/c1-21(2)30-29(33)27(18-24-14-6-5-7-15-24)31(20-26-17-11-9-13-23(26)4)28(32)19-25-16-10-8-12-22(25)3/h5-17,21,27H,18-20H2,1-4H3,(H,30,33)/t27-/m0/s1. The molecule has 172 valence electrons. The van der Waals surface area contributed by atoms with E-state index >= 15 is 0 Å². The predicted molar refractivity (Wildman–Crippen MR) is 134 cm³/mol. The van der Waals surface area contributed by atoms with Gasteiger partial charge in [0.2, 0.25) is 11.8 Å². The second-order valence-corrected chi connectivity index (χ2v) is 8.92. The van der Waals surface area contributed by atoms with E-state index in [1.807, 2.05) is 107 Å². The Balaban J connectivity index is 1.99. The van der Waals surface area contributed by atoms with Crippen LogP contribution >= 0.6 is 0 Å². The summed E-state index contributed by atoms with van der Waals surface area (Å²) < 4.78 is 0. The van der Waals surface area contributed by atoms with Crippen LogP contribution in [0.5, 0.6) is 0 Å². The molecule has 0 aliphatic carbocycles. The number of hydrogen-bond acceptors (Lipinski definition) is 2. The fourth-order valence-corrected chi connectivity index (χ4v) is 3.98. The normalized spacial score (nSPS) is 11.8. The second kappa shape index (κ2) is 11.5. The quantitative estimate of drug-likeness (QED) is 0.506. The van der Waals surface area contributed by atoms with Gasteiger partial charge in [0, 0.05) is 19.0 Å². The van der Waals surface area contributed by atoms with Crippen LogP contribution in [0.1, 0.15) is 41.7 Å². The van der Waals surface area contributed by atoms with Crippen LogP contribution in [-0.2, 0) is 29.0 Å². The summed E-state index contributed by atoms with van der Waals surface area (Å²) in [5, 5.41) is 3.04. The topological polar surface area (TPSA) is 49.4 Å². The van der Waals surface area contributed by atoms with E-state index in [4.69, 9.17) is 0 Å². The van der Waals surface area contributed by atoms with Crippen LogP contribution < -0.4 is 5.32 Å². The number of amides is 2. The van der Waals surface area contributed by atoms with E-state index < -0.39 is 6.04 Å². The van der Waals surface area contributed by atoms with Crippen LogP contribution in [0.3, 0.4) is 0 Å². The maximum absolute atomic E-state index is 13.7. The molecule has 0 aromatic heterocycles. The lowest BCUT2D eigenvalue weighted by atomic mass is 9.99. The highest BCUT2D eigenvalue weighted by Gasteiger charge is 2.31. The lowest BCUT2D eigenvalue weighted by Gasteiger charge is -2.32. The van der Waals surface area contributed by atoms with Gasteiger partial charge in [0.25, 0.3) is 0 Å². The molecule has 0 saturated heterocycles. The van der Waals surface area contributed by atoms with Gasteiger partial charge < -0.3 is 10.2 Å². The largest absolute Gasteiger partial charge is 0.352 e. The van der Waals surface area contributed by atoms with Crippen molar-refractivity contribution in [2.24, 2.45) is 0 Å². The van der Waals surface area contributed by atoms with Crippen LogP contribution in [0, 0.1) is 13.8 Å². The summed E-state index contributed by atoms with van der Waals surface area (Å²) in [5.41, 5.74) is 5.24. The van der Waals surface area contributed by atoms with E-state index in [2.05, 4.69) is 5.32 Å². The van der Waals surface area contributed by atoms with Crippen LogP contribution in [0.2, 0.25) is 0 Å². The fraction of sp³-hybridized carbons (Fsp3) is 0.310. The van der Waals surface area contributed by atoms with Crippen molar-refractivity contribution < 1.29 is 9.59 Å². The van der Waals surface area contributed by atoms with Gasteiger partial charge in [-0.1, -0.05) is 78.9 Å². The summed E-state index contributed by atoms with van der Waals surface area (Å²) in [6, 6.07) is 25.3. The predicted octanol–water partition coefficient (Wildman–Crippen LogP) is 5.01. The lowest BCUT2D eigenvalue weighted by molar-refractivity contribution is -0.141. The first kappa shape index (κ1) is 24.2. The van der Waals surface area contributed by atoms with Crippen LogP contribution in [-0.4, -0.2) is 28.8 Å². The van der Waals surface area contributed by atoms with Crippen molar-refractivity contribution in [2.75, 3.05) is 0 Å². The first-order valence-corrected chi connectivity index (χ1v) is 11.6. The molecule has 33 heavy (non-hydrogen) atoms. The first-order chi connectivity index (χ1) is 15.8. The van der Waals surface area contributed by atoms with E-state index in [0.717, 1.165) is 27.8 Å². The Morgan fingerprint density at radius 3 is 1.91 bits per heavy atom. The summed E-state index contributed by atoms with van der Waals surface area (Å²) >= 11 is 0. The van der Waals surface area contributed by atoms with Crippen molar-refractivity contribution in [1.29, 1.82) is 0 Å². The van der Waals surface area contributed by atoms with Gasteiger partial charge in [-0.05, 0) is 55.5 Å². The minimum atomic E-state index is -0.606. The number of carbonyl (C=O) groups is 2. The lowest BCUT2D eigenvalue weighted by Crippen LogP contribution is -2.52. The SMILES string of the molecule is Cc1ccccc1CC(=O)N(Cc1ccccc1C)[C@@H](Cc1ccccc1)C(=O)NC(C)C. The van der Waals surface area contributed by atoms with Crippen molar-refractivity contribution in [1.82, 2.24) is 10.2 Å². The van der Waals surface area contributed by atoms with Gasteiger partial charge >= 0.3 is 0 Å². The zero-order chi connectivity index (χ0) is 23.8. The highest BCUT2D eigenvalue weighted by atomic mass is 16.2. The molecule has 4 heteroatoms. The summed E-state index contributed by atoms with van der Waals surface area (Å²) in [7, 11) is 0. The number of nitrogens with one attached hydrogen (secondary N) is 1. The Labute approximate surface area is 197 Å². The van der Waals surface area contributed by atoms with Crippen molar-refractivity contribution in [3.8, 4) is 0 Å². The van der Waals surface area contributed by atoms with Gasteiger partial charge in [0.05, 0.1) is 6.42 Å². The third-order valence-electron chi connectivity index (χ3n) is 5.91. The molecule has 0 unspecified atom stereocenters. The van der Waals surface area contributed by atoms with Crippen molar-refractivity contribution in [2.45, 2.75) is 59.2 Å². The summed E-state index contributed by atoms with van der Waals surface area (Å²) in [6.07, 6.45) is 0.726. The van der Waals surface area contributed by atoms with Crippen LogP contribution in [0.4, 0.5) is 0 Å². The molecule has 0 spiro atoms. The minimum absolute atomic E-state index is 0.0115. The Morgan fingerprint density at radius 1 is 0.788 bits per heavy atom. The zero-order valence-electron chi connectivity index (χ0n) is 20.0. The van der Waals surface area contributed by atoms with Crippen LogP contribution in [0.25, 0.3) is 0 Å². The van der Waals surface area contributed by atoms with E-state index in [0.29, 0.717) is 13.0 Å². The van der Waals surface area contributed by atoms with Crippen LogP contribution in [0.15, 0.2) is 78.9 Å². The van der Waals surface area contributed by atoms with Crippen molar-refractivity contribution >= 4 is 11.8 Å². The van der Waals surface area contributed by atoms with E-state index in [1.165, 1.54) is 0 Å². The number of aryl methyl sites for hydroxylation is 2. The highest BCUT2D eigenvalue weighted by molar-refractivity contribution is 5.89. The average Bonchev–Trinajstić information content (AvgIpc) is 2.79. The molecule has 1 N–H and O–H groups in total. The number of benzene rings is 3. The fourth-order valence-electron chi connectivity index (χ4n) is 3.98. The zero-order valence-corrected chi connectivity index (χ0v) is 20.0. The number of hydrogen-bond donors (Lipinski definition) is 1. The van der Waals surface area contributed by atoms with E-state index in [-0.39, 0.29) is 24.3 Å². The monoisotopic (exact) mass is 442 g/mol. The molecule has 0 heterocycles. The molecule has 4 nitrogen and oxygen atoms in total. The molecule has 0 saturated carbocycles. The van der Waals surface area contributed by atoms with Crippen molar-refractivity contribution in [3.63, 3.8) is 0 Å². The van der Waals surface area contributed by atoms with Gasteiger partial charge in [0.1, 0.15) is 6.04 Å². The molecule has 0 bridgehead atoms. The van der Waals surface area contributed by atoms with Gasteiger partial charge in [-0.25, -0.2) is 0 Å². The molecular formula is C29H34N2O2. The Hall–Kier alpha value is -3.40. The van der Waals surface area contributed by atoms with Gasteiger partial charge in [-0.15, -0.1) is 0 Å². The third-order valence-corrected chi connectivity index (χ3v) is 5.91. The van der Waals surface area contributed by atoms with E-state index in [1.54, 1.807) is 4.90 Å². The third kappa shape index (κ3) is 6.79. The molecule has 0 fully saturated rings. The summed E-state index contributed by atoms with van der Waals surface area (Å²) in [6.45, 7) is 8.33. The molecule has 3 aromatic carbocycles. The number of carbonyl (C=O) groups excluding carboxylic acids is 2. The van der Waals surface area contributed by atoms with Gasteiger partial charge in [-0.2, -0.15) is 0 Å². The number of rotatable bonds is 9. The Bertz CT molecular complexity index is 1080. The van der Waals surface area contributed by atoms with E-state index in [9.17, 15) is 9.59 Å². The molecular weight excluding hydrogens is 408 g/mol. The molecule has 0 aliphatic heterocycles. The first-order valence-electron chi connectivity index (χ1n) is 11.6. The molecule has 2 amide bonds. The maximum Gasteiger partial charge on any atom is 0.243 e. The second-order valence-electron chi connectivity index (χ2n) is 8.92. The maximum atomic E-state index is 13.7. The summed E-state index contributed by atoms with van der Waals surface area (Å²) in [4.78, 5) is 28.9. The number of nitrogens with zero attached hydrogens (tertiary/aromatic N) is 1. The van der Waals surface area contributed by atoms with Gasteiger partial charge in [-0.3, -0.25) is 9.59 Å². The Morgan fingerprint density at radius 2 is 1.33 bits per heavy atom. The minimum Gasteiger partial charge on any atom is -0.352 e. The molecule has 1 atom stereocenters.